The molecule has 1 aromatic heterocycles. The van der Waals surface area contributed by atoms with Gasteiger partial charge in [-0.3, -0.25) is 4.79 Å². The molecule has 0 unspecified atom stereocenters. The number of benzene rings is 2. The van der Waals surface area contributed by atoms with Crippen LogP contribution in [-0.4, -0.2) is 21.6 Å². The van der Waals surface area contributed by atoms with Crippen molar-refractivity contribution < 1.29 is 4.79 Å². The lowest BCUT2D eigenvalue weighted by Crippen LogP contribution is -2.19. The van der Waals surface area contributed by atoms with Crippen LogP contribution >= 0.6 is 0 Å². The van der Waals surface area contributed by atoms with Gasteiger partial charge in [0.15, 0.2) is 0 Å². The van der Waals surface area contributed by atoms with E-state index in [9.17, 15) is 4.79 Å². The fraction of sp³-hybridized carbons (Fsp3) is 0.118. The number of nitrogens with zero attached hydrogens (tertiary/aromatic N) is 3. The number of hydrogen-bond donors (Lipinski definition) is 1. The molecule has 0 saturated carbocycles. The number of fused-ring (bicyclic) bond motifs is 1. The summed E-state index contributed by atoms with van der Waals surface area (Å²) in [5.41, 5.74) is 1.66. The van der Waals surface area contributed by atoms with Crippen molar-refractivity contribution in [2.24, 2.45) is 5.10 Å². The number of imidazole rings is 1. The van der Waals surface area contributed by atoms with Crippen LogP contribution in [0.5, 0.6) is 0 Å². The molecule has 5 heteroatoms. The number of hydrazone groups is 1. The number of carbonyl (C=O) groups is 1. The van der Waals surface area contributed by atoms with Gasteiger partial charge in [-0.1, -0.05) is 36.4 Å². The molecule has 22 heavy (non-hydrogen) atoms. The molecule has 0 aliphatic carbocycles. The third kappa shape index (κ3) is 2.16. The Morgan fingerprint density at radius 1 is 1.14 bits per heavy atom. The molecule has 1 aliphatic rings. The van der Waals surface area contributed by atoms with Crippen LogP contribution in [0.4, 0.5) is 5.69 Å². The van der Waals surface area contributed by atoms with Crippen molar-refractivity contribution in [2.75, 3.05) is 5.01 Å². The van der Waals surface area contributed by atoms with Gasteiger partial charge in [-0.2, -0.15) is 10.1 Å². The van der Waals surface area contributed by atoms with Gasteiger partial charge in [-0.15, -0.1) is 0 Å². The minimum atomic E-state index is -0.00194. The van der Waals surface area contributed by atoms with Gasteiger partial charge in [0.1, 0.15) is 5.82 Å². The smallest absolute Gasteiger partial charge is 0.253 e. The molecular formula is C17H14N4O. The van der Waals surface area contributed by atoms with Gasteiger partial charge in [0, 0.05) is 24.2 Å². The maximum atomic E-state index is 12.3. The molecular weight excluding hydrogens is 276 g/mol. The number of carbonyl (C=O) groups excluding carboxylic acids is 1. The highest BCUT2D eigenvalue weighted by Crippen LogP contribution is 2.29. The molecule has 0 spiro atoms. The number of aromatic nitrogens is 2. The highest BCUT2D eigenvalue weighted by atomic mass is 16.2. The topological polar surface area (TPSA) is 61.4 Å². The molecule has 2 aromatic carbocycles. The summed E-state index contributed by atoms with van der Waals surface area (Å²) >= 11 is 0. The first kappa shape index (κ1) is 12.8. The van der Waals surface area contributed by atoms with Crippen LogP contribution in [0.15, 0.2) is 60.0 Å². The van der Waals surface area contributed by atoms with Gasteiger partial charge in [-0.25, -0.2) is 4.98 Å². The number of nitrogens with one attached hydrogen (secondary N) is 1. The maximum absolute atomic E-state index is 12.3. The van der Waals surface area contributed by atoms with Crippen LogP contribution in [0.1, 0.15) is 12.2 Å². The summed E-state index contributed by atoms with van der Waals surface area (Å²) in [5, 5.41) is 8.15. The second-order valence-electron chi connectivity index (χ2n) is 5.26. The number of hydrogen-bond acceptors (Lipinski definition) is 3. The third-order valence-corrected chi connectivity index (χ3v) is 3.75. The van der Waals surface area contributed by atoms with Gasteiger partial charge >= 0.3 is 0 Å². The Bertz CT molecular complexity index is 862. The zero-order valence-electron chi connectivity index (χ0n) is 11.9. The Balaban J connectivity index is 1.72. The number of amides is 1. The molecule has 0 radical (unpaired) electrons. The number of H-pyrrole nitrogens is 1. The lowest BCUT2D eigenvalue weighted by molar-refractivity contribution is -0.116. The maximum Gasteiger partial charge on any atom is 0.253 e. The minimum absolute atomic E-state index is 0.00194. The first-order chi connectivity index (χ1) is 10.8. The molecule has 0 atom stereocenters. The largest absolute Gasteiger partial charge is 0.348 e. The molecule has 0 fully saturated rings. The average Bonchev–Trinajstić information content (AvgIpc) is 3.17. The monoisotopic (exact) mass is 290 g/mol. The van der Waals surface area contributed by atoms with Crippen LogP contribution < -0.4 is 5.01 Å². The number of anilines is 1. The lowest BCUT2D eigenvalue weighted by Gasteiger charge is -2.14. The fourth-order valence-corrected chi connectivity index (χ4v) is 2.75. The molecule has 5 nitrogen and oxygen atoms in total. The zero-order chi connectivity index (χ0) is 14.9. The van der Waals surface area contributed by atoms with Crippen LogP contribution in [-0.2, 0) is 11.2 Å². The van der Waals surface area contributed by atoms with Crippen LogP contribution in [0, 0.1) is 0 Å². The summed E-state index contributed by atoms with van der Waals surface area (Å²) in [6.45, 7) is 0. The van der Waals surface area contributed by atoms with E-state index in [4.69, 9.17) is 0 Å². The predicted octanol–water partition coefficient (Wildman–Crippen LogP) is 2.90. The quantitative estimate of drug-likeness (QED) is 0.806. The van der Waals surface area contributed by atoms with E-state index < -0.39 is 0 Å². The van der Waals surface area contributed by atoms with Crippen molar-refractivity contribution in [1.82, 2.24) is 9.97 Å². The van der Waals surface area contributed by atoms with E-state index in [2.05, 4.69) is 15.1 Å². The molecule has 1 N–H and O–H groups in total. The first-order valence-electron chi connectivity index (χ1n) is 7.16. The van der Waals surface area contributed by atoms with E-state index in [1.807, 2.05) is 42.5 Å². The summed E-state index contributed by atoms with van der Waals surface area (Å²) in [7, 11) is 0. The molecule has 3 aromatic rings. The van der Waals surface area contributed by atoms with Crippen LogP contribution in [0.25, 0.3) is 10.8 Å². The lowest BCUT2D eigenvalue weighted by atomic mass is 10.1. The Hall–Kier alpha value is -2.95. The summed E-state index contributed by atoms with van der Waals surface area (Å²) in [4.78, 5) is 19.6. The molecule has 2 heterocycles. The van der Waals surface area contributed by atoms with E-state index in [0.29, 0.717) is 12.8 Å². The summed E-state index contributed by atoms with van der Waals surface area (Å²) in [6, 6.07) is 13.9. The van der Waals surface area contributed by atoms with Gasteiger partial charge in [-0.05, 0) is 11.5 Å². The van der Waals surface area contributed by atoms with Gasteiger partial charge in [0.25, 0.3) is 5.91 Å². The minimum Gasteiger partial charge on any atom is -0.348 e. The van der Waals surface area contributed by atoms with Gasteiger partial charge < -0.3 is 4.98 Å². The second kappa shape index (κ2) is 5.11. The molecule has 1 amide bonds. The van der Waals surface area contributed by atoms with E-state index in [0.717, 1.165) is 28.0 Å². The average molecular weight is 290 g/mol. The van der Waals surface area contributed by atoms with E-state index >= 15 is 0 Å². The Morgan fingerprint density at radius 2 is 2.00 bits per heavy atom. The zero-order valence-corrected chi connectivity index (χ0v) is 11.9. The van der Waals surface area contributed by atoms with E-state index in [1.54, 1.807) is 12.4 Å². The van der Waals surface area contributed by atoms with Gasteiger partial charge in [0.05, 0.1) is 17.8 Å². The van der Waals surface area contributed by atoms with Crippen molar-refractivity contribution in [3.63, 3.8) is 0 Å². The summed E-state index contributed by atoms with van der Waals surface area (Å²) in [5.74, 6) is 0.823. The predicted molar refractivity (Wildman–Crippen MR) is 85.8 cm³/mol. The Labute approximate surface area is 127 Å². The van der Waals surface area contributed by atoms with Crippen molar-refractivity contribution in [2.45, 2.75) is 12.8 Å². The number of aromatic amines is 1. The van der Waals surface area contributed by atoms with E-state index in [-0.39, 0.29) is 5.91 Å². The van der Waals surface area contributed by atoms with E-state index in [1.165, 1.54) is 5.01 Å². The Morgan fingerprint density at radius 3 is 2.86 bits per heavy atom. The first-order valence-corrected chi connectivity index (χ1v) is 7.16. The molecule has 1 aliphatic heterocycles. The fourth-order valence-electron chi connectivity index (χ4n) is 2.75. The second-order valence-corrected chi connectivity index (χ2v) is 5.26. The SMILES string of the molecule is O=C1CC(Cc2ncc[nH]2)=NN1c1cccc2ccccc12. The third-order valence-electron chi connectivity index (χ3n) is 3.75. The highest BCUT2D eigenvalue weighted by Gasteiger charge is 2.26. The summed E-state index contributed by atoms with van der Waals surface area (Å²) < 4.78 is 0. The van der Waals surface area contributed by atoms with Crippen LogP contribution in [0.2, 0.25) is 0 Å². The normalized spacial score (nSPS) is 14.6. The van der Waals surface area contributed by atoms with Crippen molar-refractivity contribution in [3.05, 3.63) is 60.7 Å². The molecule has 0 bridgehead atoms. The number of rotatable bonds is 3. The molecule has 0 saturated heterocycles. The molecule has 4 rings (SSSR count). The van der Waals surface area contributed by atoms with Crippen molar-refractivity contribution >= 4 is 28.1 Å². The van der Waals surface area contributed by atoms with Crippen molar-refractivity contribution in [1.29, 1.82) is 0 Å². The standard InChI is InChI=1S/C17H14N4O/c22-17-11-13(10-16-18-8-9-19-16)20-21(17)15-7-3-5-12-4-1-2-6-14(12)15/h1-9H,10-11H2,(H,18,19). The summed E-state index contributed by atoms with van der Waals surface area (Å²) in [6.07, 6.45) is 4.38. The van der Waals surface area contributed by atoms with Crippen molar-refractivity contribution in [3.8, 4) is 0 Å². The highest BCUT2D eigenvalue weighted by molar-refractivity contribution is 6.15. The van der Waals surface area contributed by atoms with Gasteiger partial charge in [0.2, 0.25) is 0 Å². The molecule has 108 valence electrons. The van der Waals surface area contributed by atoms with Crippen LogP contribution in [0.3, 0.4) is 0 Å². The Kier molecular flexibility index (Phi) is 2.96.